The topological polar surface area (TPSA) is 58.6 Å². The molecular weight excluding hydrogens is 400 g/mol. The molecule has 30 heavy (non-hydrogen) atoms. The minimum absolute atomic E-state index is 0.0715. The lowest BCUT2D eigenvalue weighted by molar-refractivity contribution is -0.117. The number of benzene rings is 3. The van der Waals surface area contributed by atoms with Crippen LogP contribution in [0.3, 0.4) is 0 Å². The highest BCUT2D eigenvalue weighted by atomic mass is 35.5. The van der Waals surface area contributed by atoms with Gasteiger partial charge in [-0.05, 0) is 55.0 Å². The molecule has 1 atom stereocenters. The molecule has 0 aromatic heterocycles. The summed E-state index contributed by atoms with van der Waals surface area (Å²) in [6, 6.07) is 21.5. The maximum absolute atomic E-state index is 13.5. The Morgan fingerprint density at radius 3 is 2.53 bits per heavy atom. The minimum atomic E-state index is -0.460. The van der Waals surface area contributed by atoms with E-state index in [1.54, 1.807) is 47.4 Å². The van der Waals surface area contributed by atoms with Crippen molar-refractivity contribution in [2.75, 3.05) is 18.5 Å². The second-order valence-corrected chi connectivity index (χ2v) is 7.42. The molecule has 0 saturated carbocycles. The largest absolute Gasteiger partial charge is 0.494 e. The number of nitrogens with zero attached hydrogens (tertiary/aromatic N) is 1. The highest BCUT2D eigenvalue weighted by Crippen LogP contribution is 2.38. The molecule has 3 aromatic carbocycles. The molecule has 0 radical (unpaired) electrons. The molecule has 0 saturated heterocycles. The van der Waals surface area contributed by atoms with Gasteiger partial charge in [0.25, 0.3) is 5.91 Å². The van der Waals surface area contributed by atoms with Crippen LogP contribution in [-0.2, 0) is 4.79 Å². The first-order valence-corrected chi connectivity index (χ1v) is 10.1. The number of nitrogens with one attached hydrogen (secondary N) is 1. The third-order valence-electron chi connectivity index (χ3n) is 5.00. The van der Waals surface area contributed by atoms with Crippen molar-refractivity contribution in [3.8, 4) is 5.75 Å². The Hall–Kier alpha value is -3.31. The van der Waals surface area contributed by atoms with Crippen LogP contribution >= 0.6 is 11.6 Å². The van der Waals surface area contributed by atoms with Gasteiger partial charge in [0.2, 0.25) is 5.91 Å². The molecule has 152 valence electrons. The number of anilines is 1. The molecule has 1 aliphatic heterocycles. The summed E-state index contributed by atoms with van der Waals surface area (Å²) < 4.78 is 5.47. The lowest BCUT2D eigenvalue weighted by Crippen LogP contribution is -2.39. The average Bonchev–Trinajstić information content (AvgIpc) is 2.90. The zero-order valence-electron chi connectivity index (χ0n) is 16.5. The summed E-state index contributed by atoms with van der Waals surface area (Å²) in [4.78, 5) is 27.7. The van der Waals surface area contributed by atoms with Crippen molar-refractivity contribution in [3.05, 3.63) is 94.5 Å². The molecule has 1 N–H and O–H groups in total. The molecule has 1 aliphatic rings. The third-order valence-corrected chi connectivity index (χ3v) is 5.23. The van der Waals surface area contributed by atoms with E-state index in [4.69, 9.17) is 16.3 Å². The van der Waals surface area contributed by atoms with E-state index in [0.717, 1.165) is 11.1 Å². The first kappa shape index (κ1) is 20.0. The SMILES string of the molecule is CCOc1ccc(C(=O)N2CC(=O)Nc3ccc(Cl)cc3[C@@H]2c2ccccc2)cc1. The molecule has 0 unspecified atom stereocenters. The van der Waals surface area contributed by atoms with E-state index in [1.807, 2.05) is 37.3 Å². The minimum Gasteiger partial charge on any atom is -0.494 e. The zero-order chi connectivity index (χ0) is 21.1. The maximum Gasteiger partial charge on any atom is 0.255 e. The van der Waals surface area contributed by atoms with Crippen LogP contribution in [0.5, 0.6) is 5.75 Å². The van der Waals surface area contributed by atoms with Crippen LogP contribution in [0.4, 0.5) is 5.69 Å². The van der Waals surface area contributed by atoms with Gasteiger partial charge in [-0.15, -0.1) is 0 Å². The maximum atomic E-state index is 13.5. The number of ether oxygens (including phenoxy) is 1. The Morgan fingerprint density at radius 1 is 1.10 bits per heavy atom. The van der Waals surface area contributed by atoms with Crippen LogP contribution in [0.1, 0.15) is 34.5 Å². The van der Waals surface area contributed by atoms with Gasteiger partial charge in [0.15, 0.2) is 0 Å². The lowest BCUT2D eigenvalue weighted by atomic mass is 9.95. The molecule has 5 nitrogen and oxygen atoms in total. The van der Waals surface area contributed by atoms with Crippen molar-refractivity contribution in [2.24, 2.45) is 0 Å². The first-order valence-electron chi connectivity index (χ1n) is 9.75. The standard InChI is InChI=1S/C24H21ClN2O3/c1-2-30-19-11-8-17(9-12-19)24(29)27-15-22(28)26-21-13-10-18(25)14-20(21)23(27)16-6-4-3-5-7-16/h3-14,23H,2,15H2,1H3,(H,26,28)/t23-/m0/s1. The smallest absolute Gasteiger partial charge is 0.255 e. The average molecular weight is 421 g/mol. The number of amides is 2. The van der Waals surface area contributed by atoms with Crippen LogP contribution in [0.15, 0.2) is 72.8 Å². The summed E-state index contributed by atoms with van der Waals surface area (Å²) >= 11 is 6.28. The quantitative estimate of drug-likeness (QED) is 0.651. The van der Waals surface area contributed by atoms with Crippen LogP contribution < -0.4 is 10.1 Å². The summed E-state index contributed by atoms with van der Waals surface area (Å²) in [7, 11) is 0. The van der Waals surface area contributed by atoms with Gasteiger partial charge in [0.1, 0.15) is 12.3 Å². The predicted molar refractivity (Wildman–Crippen MR) is 117 cm³/mol. The summed E-state index contributed by atoms with van der Waals surface area (Å²) in [6.45, 7) is 2.38. The van der Waals surface area contributed by atoms with E-state index in [2.05, 4.69) is 5.32 Å². The number of carbonyl (C=O) groups is 2. The first-order chi connectivity index (χ1) is 14.6. The predicted octanol–water partition coefficient (Wildman–Crippen LogP) is 4.92. The van der Waals surface area contributed by atoms with Crippen molar-refractivity contribution < 1.29 is 14.3 Å². The molecule has 0 spiro atoms. The van der Waals surface area contributed by atoms with Gasteiger partial charge in [0.05, 0.1) is 12.6 Å². The van der Waals surface area contributed by atoms with Gasteiger partial charge >= 0.3 is 0 Å². The number of fused-ring (bicyclic) bond motifs is 1. The lowest BCUT2D eigenvalue weighted by Gasteiger charge is -2.30. The van der Waals surface area contributed by atoms with Gasteiger partial charge in [-0.1, -0.05) is 41.9 Å². The number of hydrogen-bond donors (Lipinski definition) is 1. The van der Waals surface area contributed by atoms with Crippen molar-refractivity contribution in [1.29, 1.82) is 0 Å². The monoisotopic (exact) mass is 420 g/mol. The molecular formula is C24H21ClN2O3. The Labute approximate surface area is 180 Å². The van der Waals surface area contributed by atoms with Crippen LogP contribution in [0.25, 0.3) is 0 Å². The summed E-state index contributed by atoms with van der Waals surface area (Å²) in [5.74, 6) is 0.200. The van der Waals surface area contributed by atoms with E-state index < -0.39 is 6.04 Å². The summed E-state index contributed by atoms with van der Waals surface area (Å²) in [5.41, 5.74) is 2.81. The Kier molecular flexibility index (Phi) is 5.72. The molecule has 0 aliphatic carbocycles. The molecule has 6 heteroatoms. The molecule has 1 heterocycles. The second kappa shape index (κ2) is 8.59. The Balaban J connectivity index is 1.81. The van der Waals surface area contributed by atoms with E-state index in [-0.39, 0.29) is 18.4 Å². The summed E-state index contributed by atoms with van der Waals surface area (Å²) in [5, 5.41) is 3.44. The molecule has 4 rings (SSSR count). The molecule has 2 amide bonds. The third kappa shape index (κ3) is 4.02. The van der Waals surface area contributed by atoms with Gasteiger partial charge < -0.3 is 15.0 Å². The van der Waals surface area contributed by atoms with E-state index in [9.17, 15) is 9.59 Å². The fraction of sp³-hybridized carbons (Fsp3) is 0.167. The van der Waals surface area contributed by atoms with Crippen LogP contribution in [0.2, 0.25) is 5.02 Å². The van der Waals surface area contributed by atoms with Crippen molar-refractivity contribution in [1.82, 2.24) is 4.90 Å². The zero-order valence-corrected chi connectivity index (χ0v) is 17.2. The van der Waals surface area contributed by atoms with Gasteiger partial charge in [-0.3, -0.25) is 9.59 Å². The summed E-state index contributed by atoms with van der Waals surface area (Å²) in [6.07, 6.45) is 0. The highest BCUT2D eigenvalue weighted by molar-refractivity contribution is 6.30. The second-order valence-electron chi connectivity index (χ2n) is 6.98. The molecule has 0 fully saturated rings. The number of rotatable bonds is 4. The van der Waals surface area contributed by atoms with Crippen LogP contribution in [-0.4, -0.2) is 29.9 Å². The van der Waals surface area contributed by atoms with Crippen molar-refractivity contribution >= 4 is 29.1 Å². The van der Waals surface area contributed by atoms with E-state index in [0.29, 0.717) is 28.6 Å². The van der Waals surface area contributed by atoms with Gasteiger partial charge in [-0.2, -0.15) is 0 Å². The number of halogens is 1. The van der Waals surface area contributed by atoms with Crippen LogP contribution in [0, 0.1) is 0 Å². The fourth-order valence-electron chi connectivity index (χ4n) is 3.69. The fourth-order valence-corrected chi connectivity index (χ4v) is 3.87. The van der Waals surface area contributed by atoms with Gasteiger partial charge in [-0.25, -0.2) is 0 Å². The normalized spacial score (nSPS) is 15.7. The van der Waals surface area contributed by atoms with E-state index in [1.165, 1.54) is 0 Å². The molecule has 3 aromatic rings. The molecule has 0 bridgehead atoms. The van der Waals surface area contributed by atoms with Gasteiger partial charge in [0, 0.05) is 21.8 Å². The highest BCUT2D eigenvalue weighted by Gasteiger charge is 2.34. The van der Waals surface area contributed by atoms with Crippen molar-refractivity contribution in [2.45, 2.75) is 13.0 Å². The Bertz CT molecular complexity index is 1070. The number of hydrogen-bond acceptors (Lipinski definition) is 3. The van der Waals surface area contributed by atoms with E-state index >= 15 is 0 Å². The Morgan fingerprint density at radius 2 is 1.83 bits per heavy atom. The van der Waals surface area contributed by atoms with Crippen molar-refractivity contribution in [3.63, 3.8) is 0 Å². The number of carbonyl (C=O) groups excluding carboxylic acids is 2.